The maximum absolute atomic E-state index is 12.4. The summed E-state index contributed by atoms with van der Waals surface area (Å²) in [4.78, 5) is 0.569. The molecular formula is C17H21BO4S. The zero-order valence-corrected chi connectivity index (χ0v) is 14.9. The lowest BCUT2D eigenvalue weighted by Gasteiger charge is -2.32. The summed E-state index contributed by atoms with van der Waals surface area (Å²) in [7, 11) is -2.04. The van der Waals surface area contributed by atoms with Crippen LogP contribution >= 0.6 is 0 Å². The van der Waals surface area contributed by atoms with Gasteiger partial charge in [-0.2, -0.15) is 0 Å². The van der Waals surface area contributed by atoms with Gasteiger partial charge in [-0.3, -0.25) is 4.21 Å². The van der Waals surface area contributed by atoms with E-state index >= 15 is 0 Å². The summed E-state index contributed by atoms with van der Waals surface area (Å²) in [6.07, 6.45) is 1.61. The van der Waals surface area contributed by atoms with Crippen LogP contribution in [-0.2, 0) is 20.1 Å². The topological polar surface area (TPSA) is 55.8 Å². The Morgan fingerprint density at radius 1 is 1.09 bits per heavy atom. The minimum absolute atomic E-state index is 0.0485. The van der Waals surface area contributed by atoms with Crippen molar-refractivity contribution in [2.45, 2.75) is 43.8 Å². The van der Waals surface area contributed by atoms with Crippen LogP contribution in [0.15, 0.2) is 35.2 Å². The van der Waals surface area contributed by atoms with Crippen molar-refractivity contribution in [3.05, 3.63) is 30.3 Å². The third-order valence-electron chi connectivity index (χ3n) is 4.79. The zero-order valence-electron chi connectivity index (χ0n) is 14.0. The molecule has 3 rings (SSSR count). The molecule has 1 saturated heterocycles. The van der Waals surface area contributed by atoms with Gasteiger partial charge in [-0.1, -0.05) is 24.3 Å². The van der Waals surface area contributed by atoms with E-state index in [4.69, 9.17) is 9.31 Å². The molecule has 0 amide bonds. The Labute approximate surface area is 139 Å². The van der Waals surface area contributed by atoms with E-state index in [-0.39, 0.29) is 5.75 Å². The molecule has 2 aromatic rings. The summed E-state index contributed by atoms with van der Waals surface area (Å²) < 4.78 is 24.5. The van der Waals surface area contributed by atoms with Gasteiger partial charge in [-0.25, -0.2) is 0 Å². The lowest BCUT2D eigenvalue weighted by molar-refractivity contribution is 0.00578. The molecule has 1 N–H and O–H groups in total. The number of hydrogen-bond donors (Lipinski definition) is 1. The highest BCUT2D eigenvalue weighted by Gasteiger charge is 2.53. The van der Waals surface area contributed by atoms with E-state index in [9.17, 15) is 9.32 Å². The van der Waals surface area contributed by atoms with Gasteiger partial charge in [0.05, 0.1) is 22.0 Å². The summed E-state index contributed by atoms with van der Waals surface area (Å²) in [6.45, 7) is 7.81. The van der Waals surface area contributed by atoms with Crippen LogP contribution in [0.25, 0.3) is 10.8 Å². The first kappa shape index (κ1) is 16.5. The number of benzene rings is 2. The second-order valence-corrected chi connectivity index (χ2v) is 8.22. The lowest BCUT2D eigenvalue weighted by atomic mass is 9.77. The Morgan fingerprint density at radius 2 is 1.65 bits per heavy atom. The first-order valence-electron chi connectivity index (χ1n) is 7.58. The second kappa shape index (κ2) is 5.33. The SMILES string of the molecule is CS(=O)c1c(B2OC(C)(C)C(C)(C)O2)c(O)cc2ccccc12. The zero-order chi connectivity index (χ0) is 17.0. The molecule has 0 radical (unpaired) electrons. The third kappa shape index (κ3) is 2.59. The molecule has 0 aromatic heterocycles. The van der Waals surface area contributed by atoms with Crippen molar-refractivity contribution in [3.8, 4) is 5.75 Å². The Hall–Kier alpha value is -1.37. The van der Waals surface area contributed by atoms with Gasteiger partial charge in [0, 0.05) is 16.6 Å². The molecule has 0 spiro atoms. The highest BCUT2D eigenvalue weighted by molar-refractivity contribution is 7.84. The molecule has 1 aliphatic rings. The fourth-order valence-corrected chi connectivity index (χ4v) is 3.82. The van der Waals surface area contributed by atoms with E-state index in [1.54, 1.807) is 12.3 Å². The smallest absolute Gasteiger partial charge is 0.499 e. The van der Waals surface area contributed by atoms with Gasteiger partial charge in [0.2, 0.25) is 0 Å². The monoisotopic (exact) mass is 332 g/mol. The summed E-state index contributed by atoms with van der Waals surface area (Å²) in [5.74, 6) is 0.0485. The fraction of sp³-hybridized carbons (Fsp3) is 0.412. The van der Waals surface area contributed by atoms with Crippen LogP contribution in [0.4, 0.5) is 0 Å². The van der Waals surface area contributed by atoms with Gasteiger partial charge in [0.15, 0.2) is 0 Å². The van der Waals surface area contributed by atoms with Crippen molar-refractivity contribution in [2.24, 2.45) is 0 Å². The van der Waals surface area contributed by atoms with E-state index in [0.29, 0.717) is 10.4 Å². The van der Waals surface area contributed by atoms with Gasteiger partial charge < -0.3 is 14.4 Å². The van der Waals surface area contributed by atoms with Crippen molar-refractivity contribution < 1.29 is 18.6 Å². The van der Waals surface area contributed by atoms with Gasteiger partial charge in [-0.15, -0.1) is 0 Å². The molecule has 6 heteroatoms. The minimum Gasteiger partial charge on any atom is -0.508 e. The van der Waals surface area contributed by atoms with Crippen LogP contribution in [-0.4, -0.2) is 33.9 Å². The molecule has 0 saturated carbocycles. The van der Waals surface area contributed by atoms with Crippen LogP contribution in [0.3, 0.4) is 0 Å². The van der Waals surface area contributed by atoms with E-state index in [1.165, 1.54) is 0 Å². The normalized spacial score (nSPS) is 20.8. The molecule has 23 heavy (non-hydrogen) atoms. The summed E-state index contributed by atoms with van der Waals surface area (Å²) in [5, 5.41) is 12.2. The number of aromatic hydroxyl groups is 1. The van der Waals surface area contributed by atoms with E-state index in [1.807, 2.05) is 52.0 Å². The van der Waals surface area contributed by atoms with Gasteiger partial charge in [0.1, 0.15) is 5.75 Å². The molecule has 1 fully saturated rings. The van der Waals surface area contributed by atoms with Gasteiger partial charge in [-0.05, 0) is 44.5 Å². The van der Waals surface area contributed by atoms with Crippen molar-refractivity contribution in [1.82, 2.24) is 0 Å². The highest BCUT2D eigenvalue weighted by Crippen LogP contribution is 2.38. The molecule has 1 heterocycles. The predicted octanol–water partition coefficient (Wildman–Crippen LogP) is 2.58. The standard InChI is InChI=1S/C17H21BO4S/c1-16(2)17(3,4)22-18(21-16)14-13(19)10-11-8-6-7-9-12(11)15(14)23(5)20/h6-10,19H,1-5H3. The average Bonchev–Trinajstić information content (AvgIpc) is 2.65. The Balaban J connectivity index is 2.24. The molecule has 1 atom stereocenters. The Morgan fingerprint density at radius 3 is 2.22 bits per heavy atom. The Bertz CT molecular complexity index is 785. The van der Waals surface area contributed by atoms with Crippen LogP contribution in [0, 0.1) is 0 Å². The molecule has 1 aliphatic heterocycles. The number of phenolic OH excluding ortho intramolecular Hbond substituents is 1. The summed E-state index contributed by atoms with van der Waals surface area (Å²) in [5.41, 5.74) is -0.590. The van der Waals surface area contributed by atoms with E-state index < -0.39 is 29.1 Å². The lowest BCUT2D eigenvalue weighted by Crippen LogP contribution is -2.41. The fourth-order valence-electron chi connectivity index (χ4n) is 2.81. The number of hydrogen-bond acceptors (Lipinski definition) is 4. The van der Waals surface area contributed by atoms with Crippen LogP contribution < -0.4 is 5.46 Å². The predicted molar refractivity (Wildman–Crippen MR) is 93.7 cm³/mol. The van der Waals surface area contributed by atoms with Crippen molar-refractivity contribution >= 4 is 34.2 Å². The number of fused-ring (bicyclic) bond motifs is 1. The summed E-state index contributed by atoms with van der Waals surface area (Å²) in [6, 6.07) is 9.24. The maximum Gasteiger partial charge on any atom is 0.499 e. The van der Waals surface area contributed by atoms with E-state index in [0.717, 1.165) is 10.8 Å². The van der Waals surface area contributed by atoms with Crippen LogP contribution in [0.2, 0.25) is 0 Å². The number of phenols is 1. The molecule has 0 aliphatic carbocycles. The quantitative estimate of drug-likeness (QED) is 0.859. The highest BCUT2D eigenvalue weighted by atomic mass is 32.2. The molecule has 4 nitrogen and oxygen atoms in total. The average molecular weight is 332 g/mol. The molecule has 122 valence electrons. The molecule has 1 unspecified atom stereocenters. The van der Waals surface area contributed by atoms with Crippen molar-refractivity contribution in [1.29, 1.82) is 0 Å². The Kier molecular flexibility index (Phi) is 3.82. The summed E-state index contributed by atoms with van der Waals surface area (Å²) >= 11 is 0. The first-order chi connectivity index (χ1) is 10.6. The second-order valence-electron chi connectivity index (χ2n) is 6.90. The van der Waals surface area contributed by atoms with Gasteiger partial charge in [0.25, 0.3) is 0 Å². The first-order valence-corrected chi connectivity index (χ1v) is 9.13. The van der Waals surface area contributed by atoms with Crippen molar-refractivity contribution in [3.63, 3.8) is 0 Å². The minimum atomic E-state index is -1.29. The van der Waals surface area contributed by atoms with Gasteiger partial charge >= 0.3 is 7.12 Å². The third-order valence-corrected chi connectivity index (χ3v) is 5.81. The largest absolute Gasteiger partial charge is 0.508 e. The maximum atomic E-state index is 12.4. The molecule has 2 aromatic carbocycles. The van der Waals surface area contributed by atoms with Crippen LogP contribution in [0.1, 0.15) is 27.7 Å². The van der Waals surface area contributed by atoms with Crippen molar-refractivity contribution in [2.75, 3.05) is 6.26 Å². The molecule has 0 bridgehead atoms. The van der Waals surface area contributed by atoms with Crippen LogP contribution in [0.5, 0.6) is 5.75 Å². The molecular weight excluding hydrogens is 311 g/mol. The van der Waals surface area contributed by atoms with E-state index in [2.05, 4.69) is 0 Å². The number of rotatable bonds is 2.